The fourth-order valence-corrected chi connectivity index (χ4v) is 8.64. The second-order valence-electron chi connectivity index (χ2n) is 11.1. The van der Waals surface area contributed by atoms with Crippen LogP contribution in [-0.4, -0.2) is 17.1 Å². The lowest BCUT2D eigenvalue weighted by Crippen LogP contribution is -2.63. The Kier molecular flexibility index (Phi) is 3.86. The van der Waals surface area contributed by atoms with E-state index in [0.717, 1.165) is 24.7 Å². The molecule has 7 rings (SSSR count). The summed E-state index contributed by atoms with van der Waals surface area (Å²) in [6.45, 7) is 0. The first kappa shape index (κ1) is 17.9. The summed E-state index contributed by atoms with van der Waals surface area (Å²) in [5.74, 6) is 1.79. The monoisotopic (exact) mass is 394 g/mol. The molecule has 1 aromatic rings. The SMILES string of the molecule is NC1CCC(NC(=S)C23CC4CC(c5ccccc5)(CC(C2)C42CC2)C3)CC1. The van der Waals surface area contributed by atoms with Gasteiger partial charge < -0.3 is 11.1 Å². The summed E-state index contributed by atoms with van der Waals surface area (Å²) in [4.78, 5) is 1.22. The van der Waals surface area contributed by atoms with Crippen LogP contribution >= 0.6 is 12.2 Å². The average Bonchev–Trinajstić information content (AvgIpc) is 3.50. The standard InChI is InChI=1S/C25H34N2S/c26-20-6-8-21(9-7-20)27-22(28)24-14-18-12-23(16-24,17-4-2-1-3-5-17)13-19(15-24)25(18)10-11-25/h1-5,18-21H,6-16,26H2,(H,27,28). The van der Waals surface area contributed by atoms with Gasteiger partial charge in [0, 0.05) is 17.5 Å². The quantitative estimate of drug-likeness (QED) is 0.700. The van der Waals surface area contributed by atoms with Gasteiger partial charge in [-0.25, -0.2) is 0 Å². The third-order valence-electron chi connectivity index (χ3n) is 9.65. The van der Waals surface area contributed by atoms with Gasteiger partial charge >= 0.3 is 0 Å². The summed E-state index contributed by atoms with van der Waals surface area (Å²) in [6.07, 6.45) is 14.5. The van der Waals surface area contributed by atoms with Crippen molar-refractivity contribution in [1.82, 2.24) is 5.32 Å². The number of hydrogen-bond donors (Lipinski definition) is 2. The van der Waals surface area contributed by atoms with Gasteiger partial charge in [-0.05, 0) is 98.9 Å². The molecule has 6 aliphatic rings. The molecule has 150 valence electrons. The first-order valence-electron chi connectivity index (χ1n) is 11.7. The Labute approximate surface area is 175 Å². The lowest BCUT2D eigenvalue weighted by molar-refractivity contribution is -0.0947. The Morgan fingerprint density at radius 3 is 2.18 bits per heavy atom. The van der Waals surface area contributed by atoms with Crippen LogP contribution in [0.15, 0.2) is 30.3 Å². The van der Waals surface area contributed by atoms with E-state index in [4.69, 9.17) is 18.0 Å². The zero-order valence-corrected chi connectivity index (χ0v) is 17.8. The van der Waals surface area contributed by atoms with Gasteiger partial charge in [-0.15, -0.1) is 0 Å². The zero-order valence-electron chi connectivity index (χ0n) is 17.0. The Morgan fingerprint density at radius 1 is 0.929 bits per heavy atom. The molecule has 0 aliphatic heterocycles. The van der Waals surface area contributed by atoms with E-state index >= 15 is 0 Å². The minimum Gasteiger partial charge on any atom is -0.376 e. The molecule has 2 atom stereocenters. The summed E-state index contributed by atoms with van der Waals surface area (Å²) < 4.78 is 0. The van der Waals surface area contributed by atoms with Crippen LogP contribution in [0.2, 0.25) is 0 Å². The Hall–Kier alpha value is -0.930. The van der Waals surface area contributed by atoms with Crippen molar-refractivity contribution in [3.8, 4) is 0 Å². The van der Waals surface area contributed by atoms with E-state index < -0.39 is 0 Å². The van der Waals surface area contributed by atoms with Crippen LogP contribution in [-0.2, 0) is 5.41 Å². The highest BCUT2D eigenvalue weighted by atomic mass is 32.1. The van der Waals surface area contributed by atoms with Crippen molar-refractivity contribution >= 4 is 17.2 Å². The van der Waals surface area contributed by atoms with Crippen LogP contribution < -0.4 is 11.1 Å². The maximum absolute atomic E-state index is 6.21. The van der Waals surface area contributed by atoms with E-state index in [1.807, 2.05) is 0 Å². The molecular weight excluding hydrogens is 360 g/mol. The number of rotatable bonds is 3. The Balaban J connectivity index is 1.31. The predicted molar refractivity (Wildman–Crippen MR) is 118 cm³/mol. The topological polar surface area (TPSA) is 38.0 Å². The molecule has 3 heteroatoms. The minimum atomic E-state index is 0.254. The van der Waals surface area contributed by atoms with Crippen molar-refractivity contribution in [2.24, 2.45) is 28.4 Å². The van der Waals surface area contributed by atoms with E-state index in [-0.39, 0.29) is 5.41 Å². The van der Waals surface area contributed by atoms with Gasteiger partial charge in [0.1, 0.15) is 0 Å². The predicted octanol–water partition coefficient (Wildman–Crippen LogP) is 5.10. The Morgan fingerprint density at radius 2 is 1.57 bits per heavy atom. The number of benzene rings is 1. The van der Waals surface area contributed by atoms with Crippen LogP contribution in [0.25, 0.3) is 0 Å². The molecule has 0 saturated heterocycles. The number of thiocarbonyl (C=S) groups is 1. The van der Waals surface area contributed by atoms with Crippen LogP contribution in [0, 0.1) is 22.7 Å². The van der Waals surface area contributed by atoms with Crippen LogP contribution in [0.1, 0.15) is 76.2 Å². The second kappa shape index (κ2) is 6.04. The highest BCUT2D eigenvalue weighted by Crippen LogP contribution is 2.78. The average molecular weight is 395 g/mol. The maximum atomic E-state index is 6.21. The van der Waals surface area contributed by atoms with Crippen molar-refractivity contribution in [2.45, 2.75) is 88.1 Å². The molecule has 0 heterocycles. The highest BCUT2D eigenvalue weighted by Gasteiger charge is 2.71. The van der Waals surface area contributed by atoms with Gasteiger partial charge in [0.05, 0.1) is 4.99 Å². The van der Waals surface area contributed by atoms with Crippen LogP contribution in [0.4, 0.5) is 0 Å². The molecule has 2 unspecified atom stereocenters. The van der Waals surface area contributed by atoms with Crippen LogP contribution in [0.5, 0.6) is 0 Å². The molecule has 0 aromatic heterocycles. The van der Waals surface area contributed by atoms with Crippen LogP contribution in [0.3, 0.4) is 0 Å². The number of nitrogens with one attached hydrogen (secondary N) is 1. The molecule has 6 aliphatic carbocycles. The summed E-state index contributed by atoms with van der Waals surface area (Å²) in [5, 5.41) is 3.89. The molecule has 28 heavy (non-hydrogen) atoms. The lowest BCUT2D eigenvalue weighted by Gasteiger charge is -2.66. The lowest BCUT2D eigenvalue weighted by atomic mass is 9.39. The van der Waals surface area contributed by atoms with E-state index in [9.17, 15) is 0 Å². The molecule has 0 radical (unpaired) electrons. The molecule has 0 amide bonds. The van der Waals surface area contributed by atoms with Gasteiger partial charge in [-0.2, -0.15) is 0 Å². The van der Waals surface area contributed by atoms with Gasteiger partial charge in [-0.3, -0.25) is 0 Å². The van der Waals surface area contributed by atoms with Crippen molar-refractivity contribution in [3.05, 3.63) is 35.9 Å². The number of hydrogen-bond acceptors (Lipinski definition) is 2. The fourth-order valence-electron chi connectivity index (χ4n) is 8.24. The van der Waals surface area contributed by atoms with E-state index in [0.29, 0.717) is 22.9 Å². The number of nitrogens with two attached hydrogens (primary N) is 1. The molecule has 1 aromatic carbocycles. The fraction of sp³-hybridized carbons (Fsp3) is 0.720. The normalized spacial score (nSPS) is 45.2. The summed E-state index contributed by atoms with van der Waals surface area (Å²) in [7, 11) is 0. The van der Waals surface area contributed by atoms with Gasteiger partial charge in [0.2, 0.25) is 0 Å². The maximum Gasteiger partial charge on any atom is 0.0818 e. The summed E-state index contributed by atoms with van der Waals surface area (Å²) >= 11 is 6.21. The second-order valence-corrected chi connectivity index (χ2v) is 11.5. The van der Waals surface area contributed by atoms with Crippen molar-refractivity contribution < 1.29 is 0 Å². The van der Waals surface area contributed by atoms with E-state index in [1.54, 1.807) is 5.56 Å². The molecular formula is C25H34N2S. The van der Waals surface area contributed by atoms with Crippen molar-refractivity contribution in [2.75, 3.05) is 0 Å². The smallest absolute Gasteiger partial charge is 0.0818 e. The first-order valence-corrected chi connectivity index (χ1v) is 12.1. The van der Waals surface area contributed by atoms with Gasteiger partial charge in [-0.1, -0.05) is 42.5 Å². The summed E-state index contributed by atoms with van der Waals surface area (Å²) in [5.41, 5.74) is 9.06. The third kappa shape index (κ3) is 2.51. The third-order valence-corrected chi connectivity index (χ3v) is 10.2. The summed E-state index contributed by atoms with van der Waals surface area (Å²) in [6, 6.07) is 12.4. The minimum absolute atomic E-state index is 0.254. The largest absolute Gasteiger partial charge is 0.376 e. The molecule has 6 saturated carbocycles. The van der Waals surface area contributed by atoms with E-state index in [1.165, 1.54) is 62.8 Å². The molecule has 2 nitrogen and oxygen atoms in total. The molecule has 6 fully saturated rings. The first-order chi connectivity index (χ1) is 13.5. The molecule has 4 bridgehead atoms. The highest BCUT2D eigenvalue weighted by molar-refractivity contribution is 7.80. The zero-order chi connectivity index (χ0) is 19.0. The van der Waals surface area contributed by atoms with Gasteiger partial charge in [0.25, 0.3) is 0 Å². The van der Waals surface area contributed by atoms with E-state index in [2.05, 4.69) is 35.6 Å². The Bertz CT molecular complexity index is 757. The van der Waals surface area contributed by atoms with Gasteiger partial charge in [0.15, 0.2) is 0 Å². The molecule has 3 N–H and O–H groups in total. The van der Waals surface area contributed by atoms with Crippen molar-refractivity contribution in [3.63, 3.8) is 0 Å². The van der Waals surface area contributed by atoms with Crippen molar-refractivity contribution in [1.29, 1.82) is 0 Å². The molecule has 1 spiro atoms.